The first kappa shape index (κ1) is 20.7. The first-order valence-corrected chi connectivity index (χ1v) is 9.92. The standard InChI is InChI=1S/C22H24ClN5O/c23-20-12-18(25)6-7-21(20)27-22(29)17(13-24)14-26-19-8-10-28(11-9-19)15-16-4-2-1-3-5-16/h1-7,12,14,19,26H,8-11,15,25H2,(H,27,29)/b17-14-. The lowest BCUT2D eigenvalue weighted by Gasteiger charge is -2.32. The van der Waals surface area contributed by atoms with Crippen LogP contribution in [-0.2, 0) is 11.3 Å². The number of nitriles is 1. The SMILES string of the molecule is N#C/C(=C/NC1CCN(Cc2ccccc2)CC1)C(=O)Nc1ccc(N)cc1Cl. The number of anilines is 2. The molecule has 7 heteroatoms. The van der Waals surface area contributed by atoms with Crippen LogP contribution in [0.25, 0.3) is 0 Å². The summed E-state index contributed by atoms with van der Waals surface area (Å²) in [6.45, 7) is 2.88. The molecule has 3 rings (SSSR count). The molecule has 0 saturated carbocycles. The van der Waals surface area contributed by atoms with Crippen molar-refractivity contribution in [1.82, 2.24) is 10.2 Å². The molecule has 1 amide bonds. The van der Waals surface area contributed by atoms with Gasteiger partial charge in [-0.25, -0.2) is 0 Å². The smallest absolute Gasteiger partial charge is 0.267 e. The predicted octanol–water partition coefficient (Wildman–Crippen LogP) is 3.52. The summed E-state index contributed by atoms with van der Waals surface area (Å²) < 4.78 is 0. The third-order valence-electron chi connectivity index (χ3n) is 4.91. The summed E-state index contributed by atoms with van der Waals surface area (Å²) in [5.41, 5.74) is 7.89. The third kappa shape index (κ3) is 5.98. The van der Waals surface area contributed by atoms with Crippen molar-refractivity contribution in [2.24, 2.45) is 0 Å². The van der Waals surface area contributed by atoms with Gasteiger partial charge in [0.2, 0.25) is 0 Å². The highest BCUT2D eigenvalue weighted by molar-refractivity contribution is 6.34. The molecule has 1 aliphatic rings. The highest BCUT2D eigenvalue weighted by atomic mass is 35.5. The first-order chi connectivity index (χ1) is 14.0. The van der Waals surface area contributed by atoms with Crippen molar-refractivity contribution >= 4 is 28.9 Å². The van der Waals surface area contributed by atoms with Gasteiger partial charge in [0.15, 0.2) is 0 Å². The maximum Gasteiger partial charge on any atom is 0.267 e. The van der Waals surface area contributed by atoms with Gasteiger partial charge in [-0.15, -0.1) is 0 Å². The Kier molecular flexibility index (Phi) is 7.12. The van der Waals surface area contributed by atoms with Crippen LogP contribution >= 0.6 is 11.6 Å². The fourth-order valence-corrected chi connectivity index (χ4v) is 3.51. The van der Waals surface area contributed by atoms with Gasteiger partial charge in [0.25, 0.3) is 5.91 Å². The molecule has 1 fully saturated rings. The summed E-state index contributed by atoms with van der Waals surface area (Å²) in [6.07, 6.45) is 3.40. The molecule has 1 saturated heterocycles. The number of likely N-dealkylation sites (tertiary alicyclic amines) is 1. The van der Waals surface area contributed by atoms with E-state index in [4.69, 9.17) is 17.3 Å². The summed E-state index contributed by atoms with van der Waals surface area (Å²) in [5, 5.41) is 15.5. The topological polar surface area (TPSA) is 94.2 Å². The number of halogens is 1. The van der Waals surface area contributed by atoms with E-state index in [0.29, 0.717) is 16.4 Å². The Morgan fingerprint density at radius 1 is 1.24 bits per heavy atom. The Morgan fingerprint density at radius 3 is 2.62 bits per heavy atom. The number of hydrogen-bond donors (Lipinski definition) is 3. The van der Waals surface area contributed by atoms with E-state index in [0.717, 1.165) is 32.5 Å². The Morgan fingerprint density at radius 2 is 1.97 bits per heavy atom. The minimum Gasteiger partial charge on any atom is -0.399 e. The zero-order valence-corrected chi connectivity index (χ0v) is 16.8. The molecule has 0 unspecified atom stereocenters. The lowest BCUT2D eigenvalue weighted by atomic mass is 10.0. The molecular weight excluding hydrogens is 386 g/mol. The zero-order chi connectivity index (χ0) is 20.6. The maximum absolute atomic E-state index is 12.4. The Balaban J connectivity index is 1.50. The number of nitrogen functional groups attached to an aromatic ring is 1. The van der Waals surface area contributed by atoms with E-state index >= 15 is 0 Å². The van der Waals surface area contributed by atoms with Gasteiger partial charge in [-0.1, -0.05) is 41.9 Å². The molecule has 150 valence electrons. The zero-order valence-electron chi connectivity index (χ0n) is 16.1. The second-order valence-corrected chi connectivity index (χ2v) is 7.47. The lowest BCUT2D eigenvalue weighted by molar-refractivity contribution is -0.112. The molecule has 4 N–H and O–H groups in total. The lowest BCUT2D eigenvalue weighted by Crippen LogP contribution is -2.40. The van der Waals surface area contributed by atoms with Crippen molar-refractivity contribution in [1.29, 1.82) is 5.26 Å². The van der Waals surface area contributed by atoms with Gasteiger partial charge in [0.1, 0.15) is 11.6 Å². The highest BCUT2D eigenvalue weighted by Gasteiger charge is 2.19. The monoisotopic (exact) mass is 409 g/mol. The van der Waals surface area contributed by atoms with Crippen LogP contribution in [0.5, 0.6) is 0 Å². The molecule has 0 aromatic heterocycles. The number of benzene rings is 2. The summed E-state index contributed by atoms with van der Waals surface area (Å²) in [4.78, 5) is 14.8. The average Bonchev–Trinajstić information content (AvgIpc) is 2.72. The molecule has 2 aromatic carbocycles. The average molecular weight is 410 g/mol. The van der Waals surface area contributed by atoms with Gasteiger partial charge >= 0.3 is 0 Å². The number of nitrogens with two attached hydrogens (primary N) is 1. The van der Waals surface area contributed by atoms with Gasteiger partial charge in [0, 0.05) is 37.6 Å². The number of nitrogens with zero attached hydrogens (tertiary/aromatic N) is 2. The molecule has 0 atom stereocenters. The van der Waals surface area contributed by atoms with Crippen molar-refractivity contribution in [2.45, 2.75) is 25.4 Å². The van der Waals surface area contributed by atoms with Crippen LogP contribution in [0, 0.1) is 11.3 Å². The molecule has 2 aromatic rings. The summed E-state index contributed by atoms with van der Waals surface area (Å²) >= 11 is 6.07. The van der Waals surface area contributed by atoms with Gasteiger partial charge < -0.3 is 16.4 Å². The van der Waals surface area contributed by atoms with Crippen LogP contribution in [0.1, 0.15) is 18.4 Å². The highest BCUT2D eigenvalue weighted by Crippen LogP contribution is 2.24. The molecule has 1 heterocycles. The van der Waals surface area contributed by atoms with Gasteiger partial charge in [-0.05, 0) is 36.6 Å². The van der Waals surface area contributed by atoms with Gasteiger partial charge in [0.05, 0.1) is 10.7 Å². The van der Waals surface area contributed by atoms with Crippen molar-refractivity contribution in [3.63, 3.8) is 0 Å². The van der Waals surface area contributed by atoms with E-state index in [1.165, 1.54) is 11.8 Å². The predicted molar refractivity (Wildman–Crippen MR) is 116 cm³/mol. The first-order valence-electron chi connectivity index (χ1n) is 9.54. The normalized spacial score (nSPS) is 15.5. The number of carbonyl (C=O) groups is 1. The molecular formula is C22H24ClN5O. The van der Waals surface area contributed by atoms with Crippen LogP contribution in [-0.4, -0.2) is 29.9 Å². The molecule has 6 nitrogen and oxygen atoms in total. The van der Waals surface area contributed by atoms with E-state index in [1.54, 1.807) is 18.2 Å². The number of amides is 1. The van der Waals surface area contributed by atoms with Crippen LogP contribution in [0.15, 0.2) is 60.3 Å². The van der Waals surface area contributed by atoms with Crippen LogP contribution < -0.4 is 16.4 Å². The van der Waals surface area contributed by atoms with Crippen LogP contribution in [0.2, 0.25) is 5.02 Å². The fraction of sp³-hybridized carbons (Fsp3) is 0.273. The maximum atomic E-state index is 12.4. The van der Waals surface area contributed by atoms with Crippen molar-refractivity contribution in [3.05, 3.63) is 70.9 Å². The Labute approximate surface area is 175 Å². The van der Waals surface area contributed by atoms with E-state index in [1.807, 2.05) is 12.1 Å². The second kappa shape index (κ2) is 9.97. The van der Waals surface area contributed by atoms with E-state index in [2.05, 4.69) is 39.8 Å². The van der Waals surface area contributed by atoms with Crippen molar-refractivity contribution in [2.75, 3.05) is 24.1 Å². The molecule has 29 heavy (non-hydrogen) atoms. The minimum absolute atomic E-state index is 0.00427. The van der Waals surface area contributed by atoms with Crippen molar-refractivity contribution < 1.29 is 4.79 Å². The summed E-state index contributed by atoms with van der Waals surface area (Å²) in [5.74, 6) is -0.506. The largest absolute Gasteiger partial charge is 0.399 e. The van der Waals surface area contributed by atoms with Crippen molar-refractivity contribution in [3.8, 4) is 6.07 Å². The Hall–Kier alpha value is -3.01. The molecule has 0 spiro atoms. The molecule has 1 aliphatic heterocycles. The summed E-state index contributed by atoms with van der Waals surface area (Å²) in [6, 6.07) is 17.4. The van der Waals surface area contributed by atoms with E-state index in [9.17, 15) is 10.1 Å². The fourth-order valence-electron chi connectivity index (χ4n) is 3.27. The Bertz CT molecular complexity index is 915. The molecule has 0 bridgehead atoms. The van der Waals surface area contributed by atoms with Crippen LogP contribution in [0.3, 0.4) is 0 Å². The molecule has 0 aliphatic carbocycles. The third-order valence-corrected chi connectivity index (χ3v) is 5.22. The van der Waals surface area contributed by atoms with E-state index < -0.39 is 5.91 Å². The number of nitrogens with one attached hydrogen (secondary N) is 2. The number of rotatable bonds is 6. The molecule has 0 radical (unpaired) electrons. The van der Waals surface area contributed by atoms with Gasteiger partial charge in [-0.2, -0.15) is 5.26 Å². The van der Waals surface area contributed by atoms with Crippen LogP contribution in [0.4, 0.5) is 11.4 Å². The van der Waals surface area contributed by atoms with E-state index in [-0.39, 0.29) is 11.6 Å². The number of carbonyl (C=O) groups excluding carboxylic acids is 1. The second-order valence-electron chi connectivity index (χ2n) is 7.07. The summed E-state index contributed by atoms with van der Waals surface area (Å²) in [7, 11) is 0. The quantitative estimate of drug-likeness (QED) is 0.385. The minimum atomic E-state index is -0.506. The number of piperidine rings is 1. The number of hydrogen-bond acceptors (Lipinski definition) is 5. The van der Waals surface area contributed by atoms with Gasteiger partial charge in [-0.3, -0.25) is 9.69 Å².